The second kappa shape index (κ2) is 15.2. The summed E-state index contributed by atoms with van der Waals surface area (Å²) < 4.78 is 11.0. The van der Waals surface area contributed by atoms with Gasteiger partial charge in [-0.15, -0.1) is 0 Å². The fourth-order valence-electron chi connectivity index (χ4n) is 4.48. The van der Waals surface area contributed by atoms with Crippen molar-refractivity contribution in [1.29, 1.82) is 0 Å². The monoisotopic (exact) mass is 566 g/mol. The Bertz CT molecular complexity index is 1460. The van der Waals surface area contributed by atoms with Crippen molar-refractivity contribution in [3.63, 3.8) is 0 Å². The number of carboxylic acids is 1. The van der Waals surface area contributed by atoms with Crippen molar-refractivity contribution in [2.75, 3.05) is 37.1 Å². The van der Waals surface area contributed by atoms with Crippen LogP contribution in [-0.4, -0.2) is 55.7 Å². The first-order chi connectivity index (χ1) is 20.5. The van der Waals surface area contributed by atoms with E-state index in [1.54, 1.807) is 72.7 Å². The minimum Gasteiger partial charge on any atom is -0.492 e. The number of hydrogen-bond acceptors (Lipinski definition) is 6. The standard InChI is InChI=1S/C34H34N2O6/c1-41-22-20-32(37)36(27-12-6-3-7-13-27)21-23-42-28-18-16-25(17-19-28)24-31(34(39)40)35-30-15-9-8-14-29(30)33(38)26-10-4-2-5-11-26/h2-19,31,35H,20-24H2,1H3,(H,39,40)/t31-/m0/s1. The number of carboxylic acid groups (broad SMARTS) is 1. The Morgan fingerprint density at radius 1 is 0.810 bits per heavy atom. The Morgan fingerprint density at radius 3 is 2.12 bits per heavy atom. The highest BCUT2D eigenvalue weighted by molar-refractivity contribution is 6.12. The predicted molar refractivity (Wildman–Crippen MR) is 162 cm³/mol. The van der Waals surface area contributed by atoms with Crippen molar-refractivity contribution in [3.8, 4) is 5.75 Å². The lowest BCUT2D eigenvalue weighted by Crippen LogP contribution is -2.35. The van der Waals surface area contributed by atoms with Crippen molar-refractivity contribution in [2.24, 2.45) is 0 Å². The maximum atomic E-state index is 13.1. The van der Waals surface area contributed by atoms with Crippen LogP contribution < -0.4 is 15.0 Å². The van der Waals surface area contributed by atoms with Crippen LogP contribution in [0, 0.1) is 0 Å². The van der Waals surface area contributed by atoms with E-state index < -0.39 is 12.0 Å². The van der Waals surface area contributed by atoms with Crippen LogP contribution in [0.25, 0.3) is 0 Å². The van der Waals surface area contributed by atoms with E-state index in [2.05, 4.69) is 5.32 Å². The molecule has 8 heteroatoms. The van der Waals surface area contributed by atoms with Gasteiger partial charge in [-0.3, -0.25) is 9.59 Å². The Morgan fingerprint density at radius 2 is 1.45 bits per heavy atom. The van der Waals surface area contributed by atoms with Crippen LogP contribution in [0.5, 0.6) is 5.75 Å². The van der Waals surface area contributed by atoms with Crippen LogP contribution in [0.2, 0.25) is 0 Å². The summed E-state index contributed by atoms with van der Waals surface area (Å²) in [4.78, 5) is 39.6. The third-order valence-electron chi connectivity index (χ3n) is 6.67. The van der Waals surface area contributed by atoms with E-state index in [0.29, 0.717) is 35.7 Å². The number of nitrogens with zero attached hydrogens (tertiary/aromatic N) is 1. The quantitative estimate of drug-likeness (QED) is 0.184. The molecule has 2 N–H and O–H groups in total. The van der Waals surface area contributed by atoms with Crippen molar-refractivity contribution in [1.82, 2.24) is 0 Å². The van der Waals surface area contributed by atoms with Crippen LogP contribution in [0.1, 0.15) is 27.9 Å². The largest absolute Gasteiger partial charge is 0.492 e. The third-order valence-corrected chi connectivity index (χ3v) is 6.67. The highest BCUT2D eigenvalue weighted by atomic mass is 16.5. The molecule has 4 aromatic carbocycles. The molecule has 0 aliphatic rings. The van der Waals surface area contributed by atoms with Gasteiger partial charge in [0.15, 0.2) is 5.78 Å². The van der Waals surface area contributed by atoms with E-state index in [9.17, 15) is 19.5 Å². The zero-order valence-corrected chi connectivity index (χ0v) is 23.4. The van der Waals surface area contributed by atoms with Crippen molar-refractivity contribution in [2.45, 2.75) is 18.9 Å². The summed E-state index contributed by atoms with van der Waals surface area (Å²) in [7, 11) is 1.56. The lowest BCUT2D eigenvalue weighted by atomic mass is 10.00. The molecule has 0 heterocycles. The SMILES string of the molecule is COCCC(=O)N(CCOc1ccc(C[C@H](Nc2ccccc2C(=O)c2ccccc2)C(=O)O)cc1)c1ccccc1. The van der Waals surface area contributed by atoms with Crippen LogP contribution >= 0.6 is 0 Å². The van der Waals surface area contributed by atoms with Gasteiger partial charge < -0.3 is 24.8 Å². The number of para-hydroxylation sites is 2. The molecule has 0 saturated carbocycles. The molecule has 8 nitrogen and oxygen atoms in total. The molecule has 1 atom stereocenters. The average molecular weight is 567 g/mol. The molecule has 0 unspecified atom stereocenters. The number of anilines is 2. The average Bonchev–Trinajstić information content (AvgIpc) is 3.03. The van der Waals surface area contributed by atoms with Crippen molar-refractivity contribution < 1.29 is 29.0 Å². The third kappa shape index (κ3) is 8.28. The fourth-order valence-corrected chi connectivity index (χ4v) is 4.48. The predicted octanol–water partition coefficient (Wildman–Crippen LogP) is 5.47. The smallest absolute Gasteiger partial charge is 0.326 e. The molecular weight excluding hydrogens is 532 g/mol. The Kier molecular flexibility index (Phi) is 10.8. The molecule has 0 aliphatic heterocycles. The molecule has 0 bridgehead atoms. The van der Waals surface area contributed by atoms with Gasteiger partial charge in [-0.25, -0.2) is 4.79 Å². The molecule has 0 spiro atoms. The number of carbonyl (C=O) groups excluding carboxylic acids is 2. The molecule has 216 valence electrons. The second-order valence-corrected chi connectivity index (χ2v) is 9.60. The Balaban J connectivity index is 1.38. The van der Waals surface area contributed by atoms with Crippen molar-refractivity contribution >= 4 is 29.0 Å². The first kappa shape index (κ1) is 30.0. The highest BCUT2D eigenvalue weighted by Crippen LogP contribution is 2.22. The van der Waals surface area contributed by atoms with E-state index >= 15 is 0 Å². The summed E-state index contributed by atoms with van der Waals surface area (Å²) in [6.07, 6.45) is 0.461. The van der Waals surface area contributed by atoms with Crippen LogP contribution in [0.15, 0.2) is 109 Å². The minimum atomic E-state index is -1.03. The number of aliphatic carboxylic acids is 1. The van der Waals surface area contributed by atoms with Gasteiger partial charge in [-0.2, -0.15) is 0 Å². The number of rotatable bonds is 15. The molecule has 4 rings (SSSR count). The molecular formula is C34H34N2O6. The lowest BCUT2D eigenvalue weighted by molar-refractivity contribution is -0.137. The zero-order valence-electron chi connectivity index (χ0n) is 23.4. The molecule has 0 aromatic heterocycles. The molecule has 4 aromatic rings. The number of amides is 1. The van der Waals surface area contributed by atoms with Gasteiger partial charge in [-0.1, -0.05) is 72.8 Å². The Labute approximate surface area is 245 Å². The molecule has 42 heavy (non-hydrogen) atoms. The van der Waals surface area contributed by atoms with Gasteiger partial charge in [0.2, 0.25) is 5.91 Å². The van der Waals surface area contributed by atoms with Gasteiger partial charge in [0.25, 0.3) is 0 Å². The van der Waals surface area contributed by atoms with E-state index in [1.165, 1.54) is 0 Å². The lowest BCUT2D eigenvalue weighted by Gasteiger charge is -2.23. The van der Waals surface area contributed by atoms with Gasteiger partial charge in [0.1, 0.15) is 18.4 Å². The fraction of sp³-hybridized carbons (Fsp3) is 0.206. The second-order valence-electron chi connectivity index (χ2n) is 9.60. The van der Waals surface area contributed by atoms with Gasteiger partial charge in [0, 0.05) is 36.0 Å². The first-order valence-corrected chi connectivity index (χ1v) is 13.7. The molecule has 0 fully saturated rings. The molecule has 0 aliphatic carbocycles. The topological polar surface area (TPSA) is 105 Å². The minimum absolute atomic E-state index is 0.0544. The number of benzene rings is 4. The van der Waals surface area contributed by atoms with Gasteiger partial charge in [0.05, 0.1) is 19.6 Å². The number of methoxy groups -OCH3 is 1. The maximum Gasteiger partial charge on any atom is 0.326 e. The molecule has 0 saturated heterocycles. The maximum absolute atomic E-state index is 13.1. The van der Waals surface area contributed by atoms with E-state index in [1.807, 2.05) is 48.5 Å². The highest BCUT2D eigenvalue weighted by Gasteiger charge is 2.21. The van der Waals surface area contributed by atoms with Gasteiger partial charge >= 0.3 is 5.97 Å². The number of hydrogen-bond donors (Lipinski definition) is 2. The van der Waals surface area contributed by atoms with E-state index in [4.69, 9.17) is 9.47 Å². The normalized spacial score (nSPS) is 11.4. The summed E-state index contributed by atoms with van der Waals surface area (Å²) in [5.41, 5.74) is 2.97. The van der Waals surface area contributed by atoms with Crippen LogP contribution in [-0.2, 0) is 20.7 Å². The van der Waals surface area contributed by atoms with E-state index in [-0.39, 0.29) is 31.1 Å². The van der Waals surface area contributed by atoms with Gasteiger partial charge in [-0.05, 0) is 42.0 Å². The number of carbonyl (C=O) groups is 3. The Hall–Kier alpha value is -4.95. The summed E-state index contributed by atoms with van der Waals surface area (Å²) in [6, 6.07) is 31.4. The summed E-state index contributed by atoms with van der Waals surface area (Å²) in [5, 5.41) is 13.0. The number of nitrogens with one attached hydrogen (secondary N) is 1. The first-order valence-electron chi connectivity index (χ1n) is 13.7. The zero-order chi connectivity index (χ0) is 29.7. The molecule has 1 amide bonds. The van der Waals surface area contributed by atoms with Crippen molar-refractivity contribution in [3.05, 3.63) is 126 Å². The number of ketones is 1. The summed E-state index contributed by atoms with van der Waals surface area (Å²) >= 11 is 0. The van der Waals surface area contributed by atoms with E-state index in [0.717, 1.165) is 11.3 Å². The van der Waals surface area contributed by atoms with Crippen LogP contribution in [0.3, 0.4) is 0 Å². The summed E-state index contributed by atoms with van der Waals surface area (Å²) in [6.45, 7) is 0.977. The van der Waals surface area contributed by atoms with Crippen LogP contribution in [0.4, 0.5) is 11.4 Å². The number of ether oxygens (including phenoxy) is 2. The molecule has 0 radical (unpaired) electrons. The summed E-state index contributed by atoms with van der Waals surface area (Å²) in [5.74, 6) is -0.664.